The monoisotopic (exact) mass is 214 g/mol. The average molecular weight is 214 g/mol. The van der Waals surface area contributed by atoms with Gasteiger partial charge >= 0.3 is 0 Å². The molecule has 5 nitrogen and oxygen atoms in total. The number of nitrogens with zero attached hydrogens (tertiary/aromatic N) is 1. The zero-order valence-electron chi connectivity index (χ0n) is 9.12. The highest BCUT2D eigenvalue weighted by Gasteiger charge is 2.38. The van der Waals surface area contributed by atoms with Gasteiger partial charge in [0.15, 0.2) is 0 Å². The minimum absolute atomic E-state index is 0.0917. The van der Waals surface area contributed by atoms with Gasteiger partial charge in [-0.15, -0.1) is 0 Å². The predicted octanol–water partition coefficient (Wildman–Crippen LogP) is -0.776. The van der Waals surface area contributed by atoms with Crippen LogP contribution < -0.4 is 5.32 Å². The molecule has 86 valence electrons. The number of hydrogen-bond acceptors (Lipinski definition) is 4. The van der Waals surface area contributed by atoms with Crippen LogP contribution in [0.15, 0.2) is 0 Å². The Morgan fingerprint density at radius 2 is 2.33 bits per heavy atom. The first-order chi connectivity index (χ1) is 7.22. The molecule has 0 aromatic heterocycles. The van der Waals surface area contributed by atoms with Crippen LogP contribution in [-0.2, 0) is 14.3 Å². The van der Waals surface area contributed by atoms with Gasteiger partial charge in [0, 0.05) is 26.6 Å². The largest absolute Gasteiger partial charge is 0.376 e. The van der Waals surface area contributed by atoms with Crippen molar-refractivity contribution in [1.29, 1.82) is 0 Å². The number of morpholine rings is 1. The molecule has 2 heterocycles. The Morgan fingerprint density at radius 1 is 1.47 bits per heavy atom. The Morgan fingerprint density at radius 3 is 3.00 bits per heavy atom. The second kappa shape index (κ2) is 4.47. The van der Waals surface area contributed by atoms with Gasteiger partial charge in [0.05, 0.1) is 26.4 Å². The number of hydrogen-bond donors (Lipinski definition) is 1. The predicted molar refractivity (Wildman–Crippen MR) is 54.6 cm³/mol. The highest BCUT2D eigenvalue weighted by Crippen LogP contribution is 2.18. The van der Waals surface area contributed by atoms with Gasteiger partial charge in [-0.05, 0) is 0 Å². The molecule has 1 spiro atoms. The van der Waals surface area contributed by atoms with Crippen LogP contribution >= 0.6 is 0 Å². The number of carbonyl (C=O) groups excluding carboxylic acids is 1. The summed E-state index contributed by atoms with van der Waals surface area (Å²) >= 11 is 0. The van der Waals surface area contributed by atoms with Gasteiger partial charge in [-0.25, -0.2) is 0 Å². The van der Waals surface area contributed by atoms with E-state index in [2.05, 4.69) is 5.32 Å². The summed E-state index contributed by atoms with van der Waals surface area (Å²) in [6, 6.07) is 0. The van der Waals surface area contributed by atoms with Crippen molar-refractivity contribution in [1.82, 2.24) is 10.2 Å². The zero-order chi connectivity index (χ0) is 10.7. The topological polar surface area (TPSA) is 50.8 Å². The number of nitrogens with one attached hydrogen (secondary N) is 1. The molecule has 0 bridgehead atoms. The lowest BCUT2D eigenvalue weighted by Crippen LogP contribution is -2.58. The van der Waals surface area contributed by atoms with E-state index in [0.717, 1.165) is 13.1 Å². The van der Waals surface area contributed by atoms with Gasteiger partial charge < -0.3 is 19.7 Å². The van der Waals surface area contributed by atoms with E-state index < -0.39 is 0 Å². The van der Waals surface area contributed by atoms with Crippen LogP contribution in [0.3, 0.4) is 0 Å². The maximum Gasteiger partial charge on any atom is 0.219 e. The third-order valence-electron chi connectivity index (χ3n) is 2.93. The van der Waals surface area contributed by atoms with E-state index in [0.29, 0.717) is 32.9 Å². The molecule has 0 aromatic rings. The fourth-order valence-corrected chi connectivity index (χ4v) is 2.08. The summed E-state index contributed by atoms with van der Waals surface area (Å²) in [4.78, 5) is 13.2. The van der Waals surface area contributed by atoms with E-state index in [9.17, 15) is 4.79 Å². The average Bonchev–Trinajstić information content (AvgIpc) is 2.43. The summed E-state index contributed by atoms with van der Waals surface area (Å²) in [5, 5.41) is 3.29. The molecule has 15 heavy (non-hydrogen) atoms. The van der Waals surface area contributed by atoms with Crippen LogP contribution in [0.1, 0.15) is 6.92 Å². The molecule has 0 radical (unpaired) electrons. The summed E-state index contributed by atoms with van der Waals surface area (Å²) < 4.78 is 11.3. The lowest BCUT2D eigenvalue weighted by molar-refractivity contribution is -0.137. The first-order valence-electron chi connectivity index (χ1n) is 5.40. The number of ether oxygens (including phenoxy) is 2. The molecule has 2 rings (SSSR count). The van der Waals surface area contributed by atoms with Crippen LogP contribution in [0.5, 0.6) is 0 Å². The normalized spacial score (nSPS) is 32.7. The third-order valence-corrected chi connectivity index (χ3v) is 2.93. The molecule has 1 atom stereocenters. The van der Waals surface area contributed by atoms with Crippen molar-refractivity contribution in [2.24, 2.45) is 0 Å². The minimum Gasteiger partial charge on any atom is -0.376 e. The maximum atomic E-state index is 11.4. The van der Waals surface area contributed by atoms with Gasteiger partial charge in [-0.3, -0.25) is 4.79 Å². The fourth-order valence-electron chi connectivity index (χ4n) is 2.08. The first kappa shape index (κ1) is 10.9. The molecule has 0 aromatic carbocycles. The lowest BCUT2D eigenvalue weighted by Gasteiger charge is -2.38. The van der Waals surface area contributed by atoms with Crippen LogP contribution in [0.25, 0.3) is 0 Å². The van der Waals surface area contributed by atoms with Crippen molar-refractivity contribution in [2.75, 3.05) is 46.0 Å². The lowest BCUT2D eigenvalue weighted by atomic mass is 10.0. The summed E-state index contributed by atoms with van der Waals surface area (Å²) in [7, 11) is 0. The Labute approximate surface area is 89.7 Å². The molecule has 2 aliphatic heterocycles. The molecular weight excluding hydrogens is 196 g/mol. The van der Waals surface area contributed by atoms with Crippen LogP contribution in [0.4, 0.5) is 0 Å². The molecule has 1 N–H and O–H groups in total. The molecule has 5 heteroatoms. The van der Waals surface area contributed by atoms with Crippen molar-refractivity contribution in [3.8, 4) is 0 Å². The number of rotatable bonds is 0. The summed E-state index contributed by atoms with van der Waals surface area (Å²) in [5.41, 5.74) is -0.333. The van der Waals surface area contributed by atoms with Gasteiger partial charge in [0.1, 0.15) is 5.60 Å². The van der Waals surface area contributed by atoms with E-state index in [1.165, 1.54) is 0 Å². The maximum absolute atomic E-state index is 11.4. The van der Waals surface area contributed by atoms with Crippen molar-refractivity contribution in [2.45, 2.75) is 12.5 Å². The molecular formula is C10H18N2O3. The van der Waals surface area contributed by atoms with E-state index in [-0.39, 0.29) is 11.5 Å². The second-order valence-electron chi connectivity index (χ2n) is 4.20. The van der Waals surface area contributed by atoms with Crippen molar-refractivity contribution in [3.63, 3.8) is 0 Å². The minimum atomic E-state index is -0.333. The molecule has 0 saturated carbocycles. The SMILES string of the molecule is CC(=O)N1CCOC[C@@]2(CNCCO2)C1. The van der Waals surface area contributed by atoms with E-state index in [4.69, 9.17) is 9.47 Å². The van der Waals surface area contributed by atoms with Crippen molar-refractivity contribution < 1.29 is 14.3 Å². The Balaban J connectivity index is 2.06. The highest BCUT2D eigenvalue weighted by molar-refractivity contribution is 5.73. The summed E-state index contributed by atoms with van der Waals surface area (Å²) in [5.74, 6) is 0.0917. The van der Waals surface area contributed by atoms with Crippen LogP contribution in [0.2, 0.25) is 0 Å². The van der Waals surface area contributed by atoms with E-state index in [1.807, 2.05) is 0 Å². The summed E-state index contributed by atoms with van der Waals surface area (Å²) in [6.07, 6.45) is 0. The molecule has 2 aliphatic rings. The van der Waals surface area contributed by atoms with E-state index in [1.54, 1.807) is 11.8 Å². The zero-order valence-corrected chi connectivity index (χ0v) is 9.12. The van der Waals surface area contributed by atoms with Crippen molar-refractivity contribution in [3.05, 3.63) is 0 Å². The van der Waals surface area contributed by atoms with Gasteiger partial charge in [-0.2, -0.15) is 0 Å². The molecule has 0 unspecified atom stereocenters. The number of amides is 1. The highest BCUT2D eigenvalue weighted by atomic mass is 16.5. The standard InChI is InChI=1S/C10H18N2O3/c1-9(13)12-3-5-14-8-10(7-12)6-11-2-4-15-10/h11H,2-8H2,1H3/t10-/m1/s1. The molecule has 1 amide bonds. The Kier molecular flexibility index (Phi) is 3.23. The third kappa shape index (κ3) is 2.48. The smallest absolute Gasteiger partial charge is 0.219 e. The fraction of sp³-hybridized carbons (Fsp3) is 0.900. The Hall–Kier alpha value is -0.650. The summed E-state index contributed by atoms with van der Waals surface area (Å²) in [6.45, 7) is 6.40. The van der Waals surface area contributed by atoms with Gasteiger partial charge in [-0.1, -0.05) is 0 Å². The quantitative estimate of drug-likeness (QED) is 0.575. The molecule has 2 fully saturated rings. The van der Waals surface area contributed by atoms with E-state index >= 15 is 0 Å². The molecule has 2 saturated heterocycles. The van der Waals surface area contributed by atoms with Gasteiger partial charge in [0.25, 0.3) is 0 Å². The van der Waals surface area contributed by atoms with Gasteiger partial charge in [0.2, 0.25) is 5.91 Å². The van der Waals surface area contributed by atoms with Crippen molar-refractivity contribution >= 4 is 5.91 Å². The number of carbonyl (C=O) groups is 1. The Bertz CT molecular complexity index is 239. The van der Waals surface area contributed by atoms with Crippen LogP contribution in [-0.4, -0.2) is 62.4 Å². The second-order valence-corrected chi connectivity index (χ2v) is 4.20. The van der Waals surface area contributed by atoms with Crippen LogP contribution in [0, 0.1) is 0 Å². The first-order valence-corrected chi connectivity index (χ1v) is 5.40. The molecule has 0 aliphatic carbocycles.